The largest absolute Gasteiger partial charge is 0.492 e. The quantitative estimate of drug-likeness (QED) is 0.771. The van der Waals surface area contributed by atoms with Gasteiger partial charge in [-0.3, -0.25) is 0 Å². The zero-order chi connectivity index (χ0) is 12.0. The van der Waals surface area contributed by atoms with Crippen molar-refractivity contribution in [3.05, 3.63) is 29.8 Å². The summed E-state index contributed by atoms with van der Waals surface area (Å²) in [7, 11) is 0. The SMILES string of the molecule is Cc1ccccc1OCC(CO)NC(C)C. The fourth-order valence-corrected chi connectivity index (χ4v) is 1.53. The topological polar surface area (TPSA) is 41.5 Å². The first-order chi connectivity index (χ1) is 7.63. The Morgan fingerprint density at radius 2 is 2.00 bits per heavy atom. The van der Waals surface area contributed by atoms with Gasteiger partial charge in [-0.2, -0.15) is 0 Å². The lowest BCUT2D eigenvalue weighted by molar-refractivity contribution is 0.176. The number of aryl methyl sites for hydroxylation is 1. The molecular formula is C13H21NO2. The molecule has 0 amide bonds. The van der Waals surface area contributed by atoms with E-state index < -0.39 is 0 Å². The standard InChI is InChI=1S/C13H21NO2/c1-10(2)14-12(8-15)9-16-13-7-5-4-6-11(13)3/h4-7,10,12,14-15H,8-9H2,1-3H3. The van der Waals surface area contributed by atoms with Gasteiger partial charge in [0, 0.05) is 6.04 Å². The van der Waals surface area contributed by atoms with E-state index in [4.69, 9.17) is 4.74 Å². The molecule has 0 radical (unpaired) electrons. The van der Waals surface area contributed by atoms with Crippen LogP contribution >= 0.6 is 0 Å². The zero-order valence-corrected chi connectivity index (χ0v) is 10.2. The Kier molecular flexibility index (Phi) is 5.29. The molecule has 0 aliphatic carbocycles. The molecule has 0 bridgehead atoms. The van der Waals surface area contributed by atoms with E-state index in [1.807, 2.05) is 31.2 Å². The van der Waals surface area contributed by atoms with Gasteiger partial charge in [-0.25, -0.2) is 0 Å². The molecule has 0 heterocycles. The Morgan fingerprint density at radius 1 is 1.31 bits per heavy atom. The molecule has 0 aliphatic rings. The van der Waals surface area contributed by atoms with E-state index in [0.717, 1.165) is 11.3 Å². The van der Waals surface area contributed by atoms with Gasteiger partial charge in [0.2, 0.25) is 0 Å². The lowest BCUT2D eigenvalue weighted by Gasteiger charge is -2.20. The molecule has 0 saturated carbocycles. The molecule has 1 atom stereocenters. The van der Waals surface area contributed by atoms with Crippen molar-refractivity contribution < 1.29 is 9.84 Å². The predicted octanol–water partition coefficient (Wildman–Crippen LogP) is 1.73. The highest BCUT2D eigenvalue weighted by atomic mass is 16.5. The highest BCUT2D eigenvalue weighted by Gasteiger charge is 2.09. The van der Waals surface area contributed by atoms with Crippen molar-refractivity contribution >= 4 is 0 Å². The Labute approximate surface area is 97.4 Å². The van der Waals surface area contributed by atoms with Crippen LogP contribution in [0.4, 0.5) is 0 Å². The van der Waals surface area contributed by atoms with E-state index in [-0.39, 0.29) is 12.6 Å². The van der Waals surface area contributed by atoms with Crippen molar-refractivity contribution in [3.63, 3.8) is 0 Å². The van der Waals surface area contributed by atoms with Gasteiger partial charge in [0.1, 0.15) is 12.4 Å². The number of hydrogen-bond acceptors (Lipinski definition) is 3. The summed E-state index contributed by atoms with van der Waals surface area (Å²) in [6, 6.07) is 8.22. The van der Waals surface area contributed by atoms with Crippen molar-refractivity contribution in [2.75, 3.05) is 13.2 Å². The number of para-hydroxylation sites is 1. The summed E-state index contributed by atoms with van der Waals surface area (Å²) in [5.41, 5.74) is 1.11. The summed E-state index contributed by atoms with van der Waals surface area (Å²) in [6.45, 7) is 6.69. The van der Waals surface area contributed by atoms with Crippen LogP contribution in [-0.2, 0) is 0 Å². The maximum Gasteiger partial charge on any atom is 0.122 e. The van der Waals surface area contributed by atoms with Crippen LogP contribution < -0.4 is 10.1 Å². The normalized spacial score (nSPS) is 12.8. The summed E-state index contributed by atoms with van der Waals surface area (Å²) in [5.74, 6) is 0.881. The molecule has 2 N–H and O–H groups in total. The number of aliphatic hydroxyl groups excluding tert-OH is 1. The van der Waals surface area contributed by atoms with Crippen molar-refractivity contribution in [3.8, 4) is 5.75 Å². The fourth-order valence-electron chi connectivity index (χ4n) is 1.53. The fraction of sp³-hybridized carbons (Fsp3) is 0.538. The van der Waals surface area contributed by atoms with Crippen LogP contribution in [0.1, 0.15) is 19.4 Å². The van der Waals surface area contributed by atoms with Gasteiger partial charge >= 0.3 is 0 Å². The number of benzene rings is 1. The van der Waals surface area contributed by atoms with Crippen LogP contribution in [0, 0.1) is 6.92 Å². The summed E-state index contributed by atoms with van der Waals surface area (Å²) in [5, 5.41) is 12.4. The summed E-state index contributed by atoms with van der Waals surface area (Å²) in [6.07, 6.45) is 0. The smallest absolute Gasteiger partial charge is 0.122 e. The van der Waals surface area contributed by atoms with Crippen LogP contribution in [0.2, 0.25) is 0 Å². The van der Waals surface area contributed by atoms with Gasteiger partial charge in [0.05, 0.1) is 12.6 Å². The predicted molar refractivity (Wildman–Crippen MR) is 65.8 cm³/mol. The van der Waals surface area contributed by atoms with Crippen LogP contribution in [-0.4, -0.2) is 30.4 Å². The van der Waals surface area contributed by atoms with Gasteiger partial charge in [-0.05, 0) is 18.6 Å². The van der Waals surface area contributed by atoms with E-state index >= 15 is 0 Å². The van der Waals surface area contributed by atoms with Crippen LogP contribution in [0.5, 0.6) is 5.75 Å². The van der Waals surface area contributed by atoms with E-state index in [1.165, 1.54) is 0 Å². The van der Waals surface area contributed by atoms with Gasteiger partial charge < -0.3 is 15.2 Å². The first-order valence-electron chi connectivity index (χ1n) is 5.68. The minimum Gasteiger partial charge on any atom is -0.492 e. The van der Waals surface area contributed by atoms with Crippen molar-refractivity contribution in [1.82, 2.24) is 5.32 Å². The Balaban J connectivity index is 2.46. The third kappa shape index (κ3) is 4.21. The Morgan fingerprint density at radius 3 is 2.56 bits per heavy atom. The average Bonchev–Trinajstić information content (AvgIpc) is 2.25. The molecular weight excluding hydrogens is 202 g/mol. The second-order valence-electron chi connectivity index (χ2n) is 4.28. The molecule has 1 unspecified atom stereocenters. The van der Waals surface area contributed by atoms with E-state index in [1.54, 1.807) is 0 Å². The second-order valence-corrected chi connectivity index (χ2v) is 4.28. The van der Waals surface area contributed by atoms with Crippen molar-refractivity contribution in [2.24, 2.45) is 0 Å². The first-order valence-corrected chi connectivity index (χ1v) is 5.68. The Bertz CT molecular complexity index is 313. The van der Waals surface area contributed by atoms with Gasteiger partial charge in [0.15, 0.2) is 0 Å². The molecule has 16 heavy (non-hydrogen) atoms. The summed E-state index contributed by atoms with van der Waals surface area (Å²) < 4.78 is 5.67. The monoisotopic (exact) mass is 223 g/mol. The average molecular weight is 223 g/mol. The number of nitrogens with one attached hydrogen (secondary N) is 1. The second kappa shape index (κ2) is 6.51. The molecule has 0 fully saturated rings. The minimum absolute atomic E-state index is 0.0143. The molecule has 1 rings (SSSR count). The Hall–Kier alpha value is -1.06. The first kappa shape index (κ1) is 13.0. The zero-order valence-electron chi connectivity index (χ0n) is 10.2. The molecule has 1 aromatic carbocycles. The number of aliphatic hydroxyl groups is 1. The molecule has 90 valence electrons. The molecule has 1 aromatic rings. The number of hydrogen-bond donors (Lipinski definition) is 2. The van der Waals surface area contributed by atoms with Crippen LogP contribution in [0.3, 0.4) is 0 Å². The highest BCUT2D eigenvalue weighted by molar-refractivity contribution is 5.31. The maximum atomic E-state index is 9.18. The van der Waals surface area contributed by atoms with E-state index in [0.29, 0.717) is 12.6 Å². The van der Waals surface area contributed by atoms with Gasteiger partial charge in [0.25, 0.3) is 0 Å². The lowest BCUT2D eigenvalue weighted by Crippen LogP contribution is -2.41. The van der Waals surface area contributed by atoms with Crippen molar-refractivity contribution in [1.29, 1.82) is 0 Å². The van der Waals surface area contributed by atoms with Gasteiger partial charge in [-0.1, -0.05) is 32.0 Å². The molecule has 0 aromatic heterocycles. The third-order valence-corrected chi connectivity index (χ3v) is 2.32. The molecule has 0 aliphatic heterocycles. The number of ether oxygens (including phenoxy) is 1. The summed E-state index contributed by atoms with van der Waals surface area (Å²) in [4.78, 5) is 0. The number of rotatable bonds is 6. The highest BCUT2D eigenvalue weighted by Crippen LogP contribution is 2.16. The van der Waals surface area contributed by atoms with E-state index in [9.17, 15) is 5.11 Å². The van der Waals surface area contributed by atoms with Crippen molar-refractivity contribution in [2.45, 2.75) is 32.9 Å². The molecule has 3 nitrogen and oxygen atoms in total. The lowest BCUT2D eigenvalue weighted by atomic mass is 10.2. The van der Waals surface area contributed by atoms with Gasteiger partial charge in [-0.15, -0.1) is 0 Å². The summed E-state index contributed by atoms with van der Waals surface area (Å²) >= 11 is 0. The molecule has 0 saturated heterocycles. The van der Waals surface area contributed by atoms with E-state index in [2.05, 4.69) is 19.2 Å². The maximum absolute atomic E-state index is 9.18. The molecule has 3 heteroatoms. The van der Waals surface area contributed by atoms with Crippen LogP contribution in [0.25, 0.3) is 0 Å². The molecule has 0 spiro atoms. The minimum atomic E-state index is -0.0143. The van der Waals surface area contributed by atoms with Crippen LogP contribution in [0.15, 0.2) is 24.3 Å². The third-order valence-electron chi connectivity index (χ3n) is 2.32.